The van der Waals surface area contributed by atoms with Gasteiger partial charge in [-0.2, -0.15) is 0 Å². The summed E-state index contributed by atoms with van der Waals surface area (Å²) in [5, 5.41) is 7.76. The van der Waals surface area contributed by atoms with Gasteiger partial charge in [-0.05, 0) is 69.8 Å². The van der Waals surface area contributed by atoms with Crippen LogP contribution in [0.15, 0.2) is 73.1 Å². The molecule has 10 heteroatoms. The minimum Gasteiger partial charge on any atom is -0.360 e. The first kappa shape index (κ1) is 28.3. The lowest BCUT2D eigenvalue weighted by molar-refractivity contribution is -0.111. The van der Waals surface area contributed by atoms with E-state index in [-0.39, 0.29) is 17.9 Å². The van der Waals surface area contributed by atoms with Crippen molar-refractivity contribution < 1.29 is 9.59 Å². The van der Waals surface area contributed by atoms with E-state index in [1.807, 2.05) is 55.5 Å². The van der Waals surface area contributed by atoms with Crippen molar-refractivity contribution in [1.29, 1.82) is 0 Å². The quantitative estimate of drug-likeness (QED) is 0.231. The molecule has 1 atom stereocenters. The highest BCUT2D eigenvalue weighted by Gasteiger charge is 2.25. The number of H-pyrrole nitrogens is 1. The minimum atomic E-state index is -0.190. The second kappa shape index (κ2) is 13.0. The van der Waals surface area contributed by atoms with Crippen LogP contribution in [0.2, 0.25) is 5.02 Å². The molecule has 0 unspecified atom stereocenters. The van der Waals surface area contributed by atoms with Crippen LogP contribution in [-0.4, -0.2) is 76.3 Å². The van der Waals surface area contributed by atoms with E-state index >= 15 is 0 Å². The molecule has 41 heavy (non-hydrogen) atoms. The standard InChI is InChI=1S/C31H34ClN7O2/c1-38(2)16-6-5-11-28(40)35-22-14-12-21(13-15-22)30(41)39-17-7-8-23(20-39)36-31-34-19-26(32)29(37-31)25-18-33-27-10-4-3-9-24(25)27/h3-5,9-15,18-19,23,33H,6-8,16-17,20H2,1-2H3,(H,35,40)(H,34,36,37)/b11-5+/t23-/m1/s1. The zero-order valence-electron chi connectivity index (χ0n) is 23.2. The first-order valence-electron chi connectivity index (χ1n) is 13.7. The van der Waals surface area contributed by atoms with E-state index in [2.05, 4.69) is 25.5 Å². The van der Waals surface area contributed by atoms with Crippen molar-refractivity contribution in [3.05, 3.63) is 83.7 Å². The third-order valence-electron chi connectivity index (χ3n) is 7.04. The molecule has 1 aliphatic rings. The van der Waals surface area contributed by atoms with Crippen molar-refractivity contribution in [2.24, 2.45) is 0 Å². The molecular formula is C31H34ClN7O2. The van der Waals surface area contributed by atoms with Crippen LogP contribution in [0.3, 0.4) is 0 Å². The lowest BCUT2D eigenvalue weighted by Crippen LogP contribution is -2.45. The molecule has 2 aromatic carbocycles. The molecule has 0 bridgehead atoms. The van der Waals surface area contributed by atoms with Crippen LogP contribution in [0.4, 0.5) is 11.6 Å². The van der Waals surface area contributed by atoms with Gasteiger partial charge in [-0.1, -0.05) is 35.9 Å². The molecule has 5 rings (SSSR count). The molecule has 0 saturated carbocycles. The van der Waals surface area contributed by atoms with Gasteiger partial charge in [0.1, 0.15) is 0 Å². The molecule has 1 aliphatic heterocycles. The molecule has 3 heterocycles. The third kappa shape index (κ3) is 7.11. The van der Waals surface area contributed by atoms with Crippen LogP contribution in [0.1, 0.15) is 29.6 Å². The minimum absolute atomic E-state index is 0.00235. The summed E-state index contributed by atoms with van der Waals surface area (Å²) in [5.41, 5.74) is 3.80. The van der Waals surface area contributed by atoms with Gasteiger partial charge in [0.25, 0.3) is 5.91 Å². The molecule has 1 saturated heterocycles. The number of rotatable bonds is 9. The Morgan fingerprint density at radius 2 is 1.98 bits per heavy atom. The lowest BCUT2D eigenvalue weighted by Gasteiger charge is -2.33. The van der Waals surface area contributed by atoms with Crippen LogP contribution >= 0.6 is 11.6 Å². The van der Waals surface area contributed by atoms with Crippen molar-refractivity contribution in [3.8, 4) is 11.3 Å². The fourth-order valence-corrected chi connectivity index (χ4v) is 5.13. The average molecular weight is 572 g/mol. The highest BCUT2D eigenvalue weighted by Crippen LogP contribution is 2.32. The van der Waals surface area contributed by atoms with Gasteiger partial charge in [-0.3, -0.25) is 9.59 Å². The summed E-state index contributed by atoms with van der Waals surface area (Å²) in [7, 11) is 3.99. The zero-order chi connectivity index (χ0) is 28.8. The fourth-order valence-electron chi connectivity index (χ4n) is 4.94. The van der Waals surface area contributed by atoms with Gasteiger partial charge in [0, 0.05) is 59.6 Å². The predicted molar refractivity (Wildman–Crippen MR) is 164 cm³/mol. The lowest BCUT2D eigenvalue weighted by atomic mass is 10.0. The van der Waals surface area contributed by atoms with Crippen LogP contribution in [0.25, 0.3) is 22.2 Å². The Kier molecular flexibility index (Phi) is 8.96. The third-order valence-corrected chi connectivity index (χ3v) is 7.32. The Morgan fingerprint density at radius 3 is 2.78 bits per heavy atom. The topological polar surface area (TPSA) is 106 Å². The van der Waals surface area contributed by atoms with E-state index in [1.165, 1.54) is 6.08 Å². The molecule has 1 fully saturated rings. The number of benzene rings is 2. The summed E-state index contributed by atoms with van der Waals surface area (Å²) < 4.78 is 0. The number of likely N-dealkylation sites (tertiary alicyclic amines) is 1. The Morgan fingerprint density at radius 1 is 1.17 bits per heavy atom. The Bertz CT molecular complexity index is 1550. The van der Waals surface area contributed by atoms with E-state index in [0.29, 0.717) is 41.0 Å². The molecule has 0 radical (unpaired) electrons. The fraction of sp³-hybridized carbons (Fsp3) is 0.290. The van der Waals surface area contributed by atoms with E-state index in [0.717, 1.165) is 42.3 Å². The van der Waals surface area contributed by atoms with Crippen molar-refractivity contribution in [2.45, 2.75) is 25.3 Å². The Balaban J connectivity index is 1.20. The number of hydrogen-bond donors (Lipinski definition) is 3. The highest BCUT2D eigenvalue weighted by molar-refractivity contribution is 6.33. The number of hydrogen-bond acceptors (Lipinski definition) is 6. The summed E-state index contributed by atoms with van der Waals surface area (Å²) in [4.78, 5) is 41.8. The number of aromatic nitrogens is 3. The van der Waals surface area contributed by atoms with Crippen molar-refractivity contribution in [2.75, 3.05) is 44.4 Å². The Labute approximate surface area is 244 Å². The number of carbonyl (C=O) groups is 2. The van der Waals surface area contributed by atoms with E-state index < -0.39 is 0 Å². The summed E-state index contributed by atoms with van der Waals surface area (Å²) >= 11 is 6.49. The Hall–Kier alpha value is -4.21. The first-order chi connectivity index (χ1) is 19.9. The van der Waals surface area contributed by atoms with Gasteiger partial charge in [-0.25, -0.2) is 9.97 Å². The summed E-state index contributed by atoms with van der Waals surface area (Å²) in [6.45, 7) is 2.09. The molecule has 212 valence electrons. The number of nitrogens with one attached hydrogen (secondary N) is 3. The second-order valence-corrected chi connectivity index (χ2v) is 10.8. The maximum Gasteiger partial charge on any atom is 0.253 e. The molecular weight excluding hydrogens is 538 g/mol. The SMILES string of the molecule is CN(C)CC/C=C/C(=O)Nc1ccc(C(=O)N2CCC[C@@H](Nc3ncc(Cl)c(-c4c[nH]c5ccccc45)n3)C2)cc1. The van der Waals surface area contributed by atoms with Crippen LogP contribution < -0.4 is 10.6 Å². The van der Waals surface area contributed by atoms with Gasteiger partial charge >= 0.3 is 0 Å². The van der Waals surface area contributed by atoms with Crippen LogP contribution in [0, 0.1) is 0 Å². The zero-order valence-corrected chi connectivity index (χ0v) is 24.0. The molecule has 3 N–H and O–H groups in total. The summed E-state index contributed by atoms with van der Waals surface area (Å²) in [6.07, 6.45) is 9.47. The first-order valence-corrected chi connectivity index (χ1v) is 14.1. The number of piperidine rings is 1. The number of carbonyl (C=O) groups excluding carboxylic acids is 2. The molecule has 0 aliphatic carbocycles. The van der Waals surface area contributed by atoms with Gasteiger partial charge in [0.05, 0.1) is 16.9 Å². The molecule has 9 nitrogen and oxygen atoms in total. The number of amides is 2. The average Bonchev–Trinajstić information content (AvgIpc) is 3.40. The van der Waals surface area contributed by atoms with Crippen molar-refractivity contribution >= 4 is 46.0 Å². The van der Waals surface area contributed by atoms with Crippen LogP contribution in [-0.2, 0) is 4.79 Å². The summed E-state index contributed by atoms with van der Waals surface area (Å²) in [6, 6.07) is 15.0. The molecule has 0 spiro atoms. The smallest absolute Gasteiger partial charge is 0.253 e. The maximum atomic E-state index is 13.3. The van der Waals surface area contributed by atoms with Crippen LogP contribution in [0.5, 0.6) is 0 Å². The normalized spacial score (nSPS) is 15.5. The second-order valence-electron chi connectivity index (χ2n) is 10.4. The molecule has 4 aromatic rings. The van der Waals surface area contributed by atoms with Gasteiger partial charge in [0.2, 0.25) is 11.9 Å². The van der Waals surface area contributed by atoms with E-state index in [9.17, 15) is 9.59 Å². The molecule has 2 aromatic heterocycles. The number of fused-ring (bicyclic) bond motifs is 1. The number of anilines is 2. The predicted octanol–water partition coefficient (Wildman–Crippen LogP) is 5.44. The van der Waals surface area contributed by atoms with Gasteiger partial charge in [0.15, 0.2) is 0 Å². The number of nitrogens with zero attached hydrogens (tertiary/aromatic N) is 4. The summed E-state index contributed by atoms with van der Waals surface area (Å²) in [5.74, 6) is 0.240. The monoisotopic (exact) mass is 571 g/mol. The van der Waals surface area contributed by atoms with E-state index in [1.54, 1.807) is 30.5 Å². The highest BCUT2D eigenvalue weighted by atomic mass is 35.5. The van der Waals surface area contributed by atoms with Crippen molar-refractivity contribution in [1.82, 2.24) is 24.8 Å². The molecule has 2 amide bonds. The van der Waals surface area contributed by atoms with Gasteiger partial charge in [-0.15, -0.1) is 0 Å². The van der Waals surface area contributed by atoms with Gasteiger partial charge < -0.3 is 25.4 Å². The maximum absolute atomic E-state index is 13.3. The van der Waals surface area contributed by atoms with Crippen molar-refractivity contribution in [3.63, 3.8) is 0 Å². The number of aromatic amines is 1. The largest absolute Gasteiger partial charge is 0.360 e. The van der Waals surface area contributed by atoms with E-state index in [4.69, 9.17) is 16.6 Å². The number of halogens is 1. The number of para-hydroxylation sites is 1.